The maximum atomic E-state index is 14.7. The van der Waals surface area contributed by atoms with E-state index in [1.165, 1.54) is 18.5 Å². The zero-order valence-electron chi connectivity index (χ0n) is 17.0. The van der Waals surface area contributed by atoms with Gasteiger partial charge in [0.05, 0.1) is 22.0 Å². The molecule has 0 aliphatic carbocycles. The molecule has 0 unspecified atom stereocenters. The SMILES string of the molecule is C[C@H](Nc1ncnc2cccnc12)c1cc2c(F)ccc(Cl)c2c(=O)n1-c1ccccc1. The molecule has 158 valence electrons. The summed E-state index contributed by atoms with van der Waals surface area (Å²) in [6.07, 6.45) is 3.11. The number of fused-ring (bicyclic) bond motifs is 2. The number of para-hydroxylation sites is 1. The van der Waals surface area contributed by atoms with E-state index < -0.39 is 17.4 Å². The first-order chi connectivity index (χ1) is 15.5. The van der Waals surface area contributed by atoms with Gasteiger partial charge in [0.2, 0.25) is 0 Å². The molecule has 0 aliphatic rings. The van der Waals surface area contributed by atoms with Crippen LogP contribution in [-0.2, 0) is 0 Å². The van der Waals surface area contributed by atoms with Crippen LogP contribution >= 0.6 is 11.6 Å². The molecule has 32 heavy (non-hydrogen) atoms. The summed E-state index contributed by atoms with van der Waals surface area (Å²) < 4.78 is 16.2. The molecule has 0 fully saturated rings. The highest BCUT2D eigenvalue weighted by atomic mass is 35.5. The summed E-state index contributed by atoms with van der Waals surface area (Å²) in [5, 5.41) is 3.82. The number of pyridine rings is 2. The first kappa shape index (κ1) is 20.1. The molecule has 0 amide bonds. The van der Waals surface area contributed by atoms with Gasteiger partial charge in [0.1, 0.15) is 17.7 Å². The molecule has 3 heterocycles. The van der Waals surface area contributed by atoms with E-state index in [-0.39, 0.29) is 15.8 Å². The second-order valence-corrected chi connectivity index (χ2v) is 7.73. The monoisotopic (exact) mass is 445 g/mol. The fourth-order valence-corrected chi connectivity index (χ4v) is 4.05. The van der Waals surface area contributed by atoms with Crippen LogP contribution in [0.5, 0.6) is 0 Å². The summed E-state index contributed by atoms with van der Waals surface area (Å²) in [5.41, 5.74) is 2.10. The number of aromatic nitrogens is 4. The van der Waals surface area contributed by atoms with Crippen LogP contribution in [-0.4, -0.2) is 19.5 Å². The van der Waals surface area contributed by atoms with Crippen LogP contribution in [0.1, 0.15) is 18.7 Å². The third-order valence-electron chi connectivity index (χ3n) is 5.31. The smallest absolute Gasteiger partial charge is 0.264 e. The van der Waals surface area contributed by atoms with Gasteiger partial charge in [-0.15, -0.1) is 0 Å². The quantitative estimate of drug-likeness (QED) is 0.406. The van der Waals surface area contributed by atoms with Crippen molar-refractivity contribution in [2.24, 2.45) is 0 Å². The molecule has 6 nitrogen and oxygen atoms in total. The van der Waals surface area contributed by atoms with Crippen molar-refractivity contribution in [3.05, 3.63) is 100 Å². The topological polar surface area (TPSA) is 72.7 Å². The number of hydrogen-bond acceptors (Lipinski definition) is 5. The molecule has 0 saturated heterocycles. The molecule has 5 rings (SSSR count). The molecular weight excluding hydrogens is 429 g/mol. The number of anilines is 1. The second-order valence-electron chi connectivity index (χ2n) is 7.32. The minimum Gasteiger partial charge on any atom is -0.360 e. The molecule has 1 N–H and O–H groups in total. The van der Waals surface area contributed by atoms with Gasteiger partial charge in [0.25, 0.3) is 5.56 Å². The third kappa shape index (κ3) is 3.36. The molecule has 0 aliphatic heterocycles. The minimum atomic E-state index is -0.510. The van der Waals surface area contributed by atoms with Crippen molar-refractivity contribution < 1.29 is 4.39 Å². The van der Waals surface area contributed by atoms with Crippen LogP contribution in [0.3, 0.4) is 0 Å². The van der Waals surface area contributed by atoms with Crippen molar-refractivity contribution in [2.45, 2.75) is 13.0 Å². The van der Waals surface area contributed by atoms with E-state index in [0.29, 0.717) is 28.2 Å². The van der Waals surface area contributed by atoms with Gasteiger partial charge in [-0.3, -0.25) is 14.3 Å². The van der Waals surface area contributed by atoms with Gasteiger partial charge >= 0.3 is 0 Å². The Balaban J connectivity index is 1.73. The Kier molecular flexibility index (Phi) is 5.03. The van der Waals surface area contributed by atoms with Crippen LogP contribution in [0.4, 0.5) is 10.2 Å². The number of nitrogens with zero attached hydrogens (tertiary/aromatic N) is 4. The fourth-order valence-electron chi connectivity index (χ4n) is 3.81. The van der Waals surface area contributed by atoms with Crippen LogP contribution in [0, 0.1) is 5.82 Å². The van der Waals surface area contributed by atoms with E-state index in [4.69, 9.17) is 11.6 Å². The Morgan fingerprint density at radius 3 is 2.66 bits per heavy atom. The van der Waals surface area contributed by atoms with E-state index in [2.05, 4.69) is 20.3 Å². The van der Waals surface area contributed by atoms with Gasteiger partial charge in [0, 0.05) is 23.0 Å². The van der Waals surface area contributed by atoms with E-state index in [9.17, 15) is 9.18 Å². The van der Waals surface area contributed by atoms with Crippen molar-refractivity contribution in [2.75, 3.05) is 5.32 Å². The molecule has 3 aromatic heterocycles. The molecule has 0 bridgehead atoms. The third-order valence-corrected chi connectivity index (χ3v) is 5.63. The molecule has 8 heteroatoms. The number of hydrogen-bond donors (Lipinski definition) is 1. The van der Waals surface area contributed by atoms with Crippen molar-refractivity contribution in [3.8, 4) is 5.69 Å². The highest BCUT2D eigenvalue weighted by Gasteiger charge is 2.20. The Hall–Kier alpha value is -3.84. The maximum absolute atomic E-state index is 14.7. The van der Waals surface area contributed by atoms with Crippen LogP contribution in [0.2, 0.25) is 5.02 Å². The predicted octanol–water partition coefficient (Wildman–Crippen LogP) is 5.29. The molecule has 0 spiro atoms. The lowest BCUT2D eigenvalue weighted by atomic mass is 10.1. The van der Waals surface area contributed by atoms with Crippen LogP contribution < -0.4 is 10.9 Å². The van der Waals surface area contributed by atoms with E-state index in [1.54, 1.807) is 22.9 Å². The second kappa shape index (κ2) is 8.01. The number of halogens is 2. The average molecular weight is 446 g/mol. The summed E-state index contributed by atoms with van der Waals surface area (Å²) in [4.78, 5) is 26.5. The van der Waals surface area contributed by atoms with Gasteiger partial charge < -0.3 is 5.32 Å². The lowest BCUT2D eigenvalue weighted by Crippen LogP contribution is -2.26. The van der Waals surface area contributed by atoms with Crippen molar-refractivity contribution >= 4 is 39.2 Å². The Morgan fingerprint density at radius 1 is 1.03 bits per heavy atom. The molecule has 5 aromatic rings. The van der Waals surface area contributed by atoms with Gasteiger partial charge in [-0.1, -0.05) is 29.8 Å². The maximum Gasteiger partial charge on any atom is 0.264 e. The zero-order chi connectivity index (χ0) is 22.2. The van der Waals surface area contributed by atoms with Gasteiger partial charge in [-0.05, 0) is 49.4 Å². The minimum absolute atomic E-state index is 0.139. The average Bonchev–Trinajstić information content (AvgIpc) is 2.82. The highest BCUT2D eigenvalue weighted by molar-refractivity contribution is 6.35. The van der Waals surface area contributed by atoms with E-state index >= 15 is 0 Å². The summed E-state index contributed by atoms with van der Waals surface area (Å²) in [6, 6.07) is 16.7. The number of rotatable bonds is 4. The molecule has 0 radical (unpaired) electrons. The van der Waals surface area contributed by atoms with Crippen molar-refractivity contribution in [1.82, 2.24) is 19.5 Å². The Bertz CT molecular complexity index is 1520. The first-order valence-corrected chi connectivity index (χ1v) is 10.3. The summed E-state index contributed by atoms with van der Waals surface area (Å²) >= 11 is 6.30. The molecule has 1 atom stereocenters. The largest absolute Gasteiger partial charge is 0.360 e. The van der Waals surface area contributed by atoms with Crippen molar-refractivity contribution in [1.29, 1.82) is 0 Å². The van der Waals surface area contributed by atoms with Crippen LogP contribution in [0.15, 0.2) is 78.0 Å². The summed E-state index contributed by atoms with van der Waals surface area (Å²) in [5.74, 6) is 0.00568. The lowest BCUT2D eigenvalue weighted by Gasteiger charge is -2.22. The van der Waals surface area contributed by atoms with E-state index in [0.717, 1.165) is 0 Å². The van der Waals surface area contributed by atoms with Gasteiger partial charge in [0.15, 0.2) is 5.82 Å². The van der Waals surface area contributed by atoms with Crippen molar-refractivity contribution in [3.63, 3.8) is 0 Å². The highest BCUT2D eigenvalue weighted by Crippen LogP contribution is 2.29. The number of nitrogens with one attached hydrogen (secondary N) is 1. The standard InChI is InChI=1S/C24H17ClFN5O/c1-14(30-23-22-19(28-13-29-23)8-5-11-27-22)20-12-16-18(26)10-9-17(25)21(16)24(32)31(20)15-6-3-2-4-7-15/h2-14H,1H3,(H,28,29,30)/t14-/m0/s1. The molecular formula is C24H17ClFN5O. The van der Waals surface area contributed by atoms with Gasteiger partial charge in [-0.25, -0.2) is 14.4 Å². The fraction of sp³-hybridized carbons (Fsp3) is 0.0833. The van der Waals surface area contributed by atoms with Crippen LogP contribution in [0.25, 0.3) is 27.5 Å². The first-order valence-electron chi connectivity index (χ1n) is 9.96. The molecule has 2 aromatic carbocycles. The summed E-state index contributed by atoms with van der Waals surface area (Å²) in [7, 11) is 0. The van der Waals surface area contributed by atoms with Gasteiger partial charge in [-0.2, -0.15) is 0 Å². The molecule has 0 saturated carbocycles. The predicted molar refractivity (Wildman–Crippen MR) is 124 cm³/mol. The Labute approximate surface area is 187 Å². The zero-order valence-corrected chi connectivity index (χ0v) is 17.7. The lowest BCUT2D eigenvalue weighted by molar-refractivity contribution is 0.638. The summed E-state index contributed by atoms with van der Waals surface area (Å²) in [6.45, 7) is 1.87. The van der Waals surface area contributed by atoms with E-state index in [1.807, 2.05) is 43.3 Å². The number of benzene rings is 2. The Morgan fingerprint density at radius 2 is 1.84 bits per heavy atom. The normalized spacial score (nSPS) is 12.2.